The summed E-state index contributed by atoms with van der Waals surface area (Å²) in [7, 11) is 0. The predicted octanol–water partition coefficient (Wildman–Crippen LogP) is 1.78. The molecule has 0 spiro atoms. The van der Waals surface area contributed by atoms with Crippen molar-refractivity contribution in [2.75, 3.05) is 5.32 Å². The minimum Gasteiger partial charge on any atom is -0.322 e. The minimum absolute atomic E-state index is 0.147. The molecule has 0 aliphatic heterocycles. The van der Waals surface area contributed by atoms with Crippen molar-refractivity contribution in [2.45, 2.75) is 20.4 Å². The zero-order valence-corrected chi connectivity index (χ0v) is 11.5. The van der Waals surface area contributed by atoms with Gasteiger partial charge in [-0.25, -0.2) is 13.8 Å². The van der Waals surface area contributed by atoms with Gasteiger partial charge in [-0.3, -0.25) is 14.2 Å². The summed E-state index contributed by atoms with van der Waals surface area (Å²) in [6, 6.07) is 2.81. The third-order valence-corrected chi connectivity index (χ3v) is 3.03. The van der Waals surface area contributed by atoms with Gasteiger partial charge in [0.1, 0.15) is 18.2 Å². The first-order chi connectivity index (χ1) is 9.88. The van der Waals surface area contributed by atoms with Gasteiger partial charge in [0.2, 0.25) is 5.91 Å². The number of carbonyl (C=O) groups excluding carboxylic acids is 1. The molecule has 2 aromatic rings. The average Bonchev–Trinajstić information content (AvgIpc) is 2.43. The third kappa shape index (κ3) is 3.31. The molecule has 0 aliphatic rings. The Labute approximate surface area is 119 Å². The van der Waals surface area contributed by atoms with Gasteiger partial charge in [0.15, 0.2) is 0 Å². The molecule has 2 rings (SSSR count). The molecule has 0 aliphatic carbocycles. The number of rotatable bonds is 3. The second kappa shape index (κ2) is 5.82. The highest BCUT2D eigenvalue weighted by molar-refractivity contribution is 5.90. The molecule has 0 atom stereocenters. The molecule has 1 heterocycles. The van der Waals surface area contributed by atoms with Gasteiger partial charge in [-0.05, 0) is 26.0 Å². The molecule has 1 aromatic carbocycles. The fourth-order valence-electron chi connectivity index (χ4n) is 1.72. The molecule has 1 amide bonds. The molecule has 5 nitrogen and oxygen atoms in total. The van der Waals surface area contributed by atoms with E-state index in [1.807, 2.05) is 0 Å². The standard InChI is InChI=1S/C14H13F2N3O2/c1-8-9(2)17-7-19(14(8)21)6-13(20)18-12-4-3-10(15)5-11(12)16/h3-5,7H,6H2,1-2H3,(H,18,20). The highest BCUT2D eigenvalue weighted by Gasteiger charge is 2.11. The van der Waals surface area contributed by atoms with E-state index in [4.69, 9.17) is 0 Å². The minimum atomic E-state index is -0.881. The summed E-state index contributed by atoms with van der Waals surface area (Å²) in [4.78, 5) is 27.7. The normalized spacial score (nSPS) is 10.5. The smallest absolute Gasteiger partial charge is 0.256 e. The van der Waals surface area contributed by atoms with E-state index in [-0.39, 0.29) is 17.8 Å². The molecule has 1 aromatic heterocycles. The fraction of sp³-hybridized carbons (Fsp3) is 0.214. The molecule has 110 valence electrons. The first kappa shape index (κ1) is 14.8. The lowest BCUT2D eigenvalue weighted by Gasteiger charge is -2.09. The van der Waals surface area contributed by atoms with Crippen molar-refractivity contribution in [3.8, 4) is 0 Å². The lowest BCUT2D eigenvalue weighted by atomic mass is 10.2. The second-order valence-electron chi connectivity index (χ2n) is 4.56. The number of nitrogens with one attached hydrogen (secondary N) is 1. The van der Waals surface area contributed by atoms with Crippen LogP contribution in [0.3, 0.4) is 0 Å². The quantitative estimate of drug-likeness (QED) is 0.938. The highest BCUT2D eigenvalue weighted by atomic mass is 19.1. The van der Waals surface area contributed by atoms with Gasteiger partial charge < -0.3 is 5.32 Å². The summed E-state index contributed by atoms with van der Waals surface area (Å²) < 4.78 is 27.3. The SMILES string of the molecule is Cc1ncn(CC(=O)Nc2ccc(F)cc2F)c(=O)c1C. The molecule has 0 radical (unpaired) electrons. The molecule has 1 N–H and O–H groups in total. The molecule has 7 heteroatoms. The summed E-state index contributed by atoms with van der Waals surface area (Å²) in [6.45, 7) is 3.00. The topological polar surface area (TPSA) is 64.0 Å². The average molecular weight is 293 g/mol. The maximum absolute atomic E-state index is 13.4. The maximum Gasteiger partial charge on any atom is 0.256 e. The van der Waals surface area contributed by atoms with E-state index in [0.29, 0.717) is 17.3 Å². The van der Waals surface area contributed by atoms with Crippen LogP contribution in [-0.4, -0.2) is 15.5 Å². The Balaban J connectivity index is 2.16. The van der Waals surface area contributed by atoms with Crippen molar-refractivity contribution < 1.29 is 13.6 Å². The number of carbonyl (C=O) groups is 1. The Kier molecular flexibility index (Phi) is 4.11. The number of benzene rings is 1. The number of aryl methyl sites for hydroxylation is 1. The zero-order valence-electron chi connectivity index (χ0n) is 11.5. The predicted molar refractivity (Wildman–Crippen MR) is 73.0 cm³/mol. The van der Waals surface area contributed by atoms with E-state index in [9.17, 15) is 18.4 Å². The number of hydrogen-bond donors (Lipinski definition) is 1. The number of nitrogens with zero attached hydrogens (tertiary/aromatic N) is 2. The first-order valence-corrected chi connectivity index (χ1v) is 6.16. The van der Waals surface area contributed by atoms with Crippen LogP contribution in [0.5, 0.6) is 0 Å². The Morgan fingerprint density at radius 1 is 1.33 bits per heavy atom. The zero-order chi connectivity index (χ0) is 15.6. The van der Waals surface area contributed by atoms with Gasteiger partial charge in [-0.1, -0.05) is 0 Å². The number of hydrogen-bond acceptors (Lipinski definition) is 3. The Morgan fingerprint density at radius 3 is 2.71 bits per heavy atom. The van der Waals surface area contributed by atoms with Gasteiger partial charge >= 0.3 is 0 Å². The fourth-order valence-corrected chi connectivity index (χ4v) is 1.72. The molecule has 21 heavy (non-hydrogen) atoms. The Hall–Kier alpha value is -2.57. The Bertz CT molecular complexity index is 756. The van der Waals surface area contributed by atoms with Gasteiger partial charge in [0.05, 0.1) is 12.0 Å². The molecular formula is C14H13F2N3O2. The van der Waals surface area contributed by atoms with Crippen molar-refractivity contribution in [3.63, 3.8) is 0 Å². The van der Waals surface area contributed by atoms with Crippen LogP contribution in [-0.2, 0) is 11.3 Å². The summed E-state index contributed by atoms with van der Waals surface area (Å²) in [6.07, 6.45) is 1.26. The highest BCUT2D eigenvalue weighted by Crippen LogP contribution is 2.14. The van der Waals surface area contributed by atoms with Crippen LogP contribution in [0, 0.1) is 25.5 Å². The first-order valence-electron chi connectivity index (χ1n) is 6.16. The number of aromatic nitrogens is 2. The number of amides is 1. The van der Waals surface area contributed by atoms with Crippen LogP contribution in [0.2, 0.25) is 0 Å². The van der Waals surface area contributed by atoms with Gasteiger partial charge in [0.25, 0.3) is 5.56 Å². The number of anilines is 1. The molecule has 0 saturated carbocycles. The molecular weight excluding hydrogens is 280 g/mol. The van der Waals surface area contributed by atoms with Crippen LogP contribution in [0.4, 0.5) is 14.5 Å². The summed E-state index contributed by atoms with van der Waals surface area (Å²) >= 11 is 0. The van der Waals surface area contributed by atoms with Crippen molar-refractivity contribution in [1.82, 2.24) is 9.55 Å². The largest absolute Gasteiger partial charge is 0.322 e. The van der Waals surface area contributed by atoms with Crippen LogP contribution in [0.25, 0.3) is 0 Å². The van der Waals surface area contributed by atoms with Crippen molar-refractivity contribution in [2.24, 2.45) is 0 Å². The van der Waals surface area contributed by atoms with Crippen LogP contribution < -0.4 is 10.9 Å². The maximum atomic E-state index is 13.4. The third-order valence-electron chi connectivity index (χ3n) is 3.03. The van der Waals surface area contributed by atoms with Crippen molar-refractivity contribution in [3.05, 3.63) is 57.8 Å². The number of halogens is 2. The monoisotopic (exact) mass is 293 g/mol. The summed E-state index contributed by atoms with van der Waals surface area (Å²) in [5.41, 5.74) is 0.544. The van der Waals surface area contributed by atoms with Gasteiger partial charge in [0, 0.05) is 17.3 Å². The van der Waals surface area contributed by atoms with Crippen LogP contribution in [0.1, 0.15) is 11.3 Å². The molecule has 0 saturated heterocycles. The van der Waals surface area contributed by atoms with Crippen LogP contribution in [0.15, 0.2) is 29.3 Å². The van der Waals surface area contributed by atoms with E-state index >= 15 is 0 Å². The van der Waals surface area contributed by atoms with Gasteiger partial charge in [-0.15, -0.1) is 0 Å². The van der Waals surface area contributed by atoms with Crippen molar-refractivity contribution >= 4 is 11.6 Å². The summed E-state index contributed by atoms with van der Waals surface area (Å²) in [5.74, 6) is -2.22. The Morgan fingerprint density at radius 2 is 2.05 bits per heavy atom. The van der Waals surface area contributed by atoms with Crippen LogP contribution >= 0.6 is 0 Å². The summed E-state index contributed by atoms with van der Waals surface area (Å²) in [5, 5.41) is 2.28. The van der Waals surface area contributed by atoms with E-state index < -0.39 is 17.5 Å². The molecule has 0 unspecified atom stereocenters. The van der Waals surface area contributed by atoms with E-state index in [1.165, 1.54) is 6.33 Å². The van der Waals surface area contributed by atoms with E-state index in [2.05, 4.69) is 10.3 Å². The lowest BCUT2D eigenvalue weighted by Crippen LogP contribution is -2.29. The second-order valence-corrected chi connectivity index (χ2v) is 4.56. The van der Waals surface area contributed by atoms with E-state index in [1.54, 1.807) is 13.8 Å². The van der Waals surface area contributed by atoms with Gasteiger partial charge in [-0.2, -0.15) is 0 Å². The van der Waals surface area contributed by atoms with Crippen molar-refractivity contribution in [1.29, 1.82) is 0 Å². The molecule has 0 fully saturated rings. The molecule has 0 bridgehead atoms. The lowest BCUT2D eigenvalue weighted by molar-refractivity contribution is -0.116. The van der Waals surface area contributed by atoms with E-state index in [0.717, 1.165) is 16.7 Å².